The highest BCUT2D eigenvalue weighted by Crippen LogP contribution is 2.28. The number of aryl methyl sites for hydroxylation is 2. The van der Waals surface area contributed by atoms with Crippen molar-refractivity contribution in [1.29, 1.82) is 0 Å². The van der Waals surface area contributed by atoms with E-state index in [1.807, 2.05) is 13.8 Å². The number of rotatable bonds is 8. The van der Waals surface area contributed by atoms with E-state index in [-0.39, 0.29) is 18.2 Å². The van der Waals surface area contributed by atoms with Crippen LogP contribution in [0.2, 0.25) is 10.0 Å². The van der Waals surface area contributed by atoms with Crippen LogP contribution in [0, 0.1) is 6.92 Å². The van der Waals surface area contributed by atoms with E-state index in [1.165, 1.54) is 10.9 Å². The summed E-state index contributed by atoms with van der Waals surface area (Å²) in [5, 5.41) is 15.0. The topological polar surface area (TPSA) is 103 Å². The first-order chi connectivity index (χ1) is 17.3. The third kappa shape index (κ3) is 5.53. The molecule has 0 bridgehead atoms. The molecule has 0 aliphatic rings. The van der Waals surface area contributed by atoms with Gasteiger partial charge in [0.15, 0.2) is 0 Å². The minimum Gasteiger partial charge on any atom is -0.487 e. The van der Waals surface area contributed by atoms with Gasteiger partial charge in [0.1, 0.15) is 18.1 Å². The number of hydrogen-bond donors (Lipinski definition) is 2. The van der Waals surface area contributed by atoms with E-state index >= 15 is 0 Å². The van der Waals surface area contributed by atoms with Crippen LogP contribution in [0.25, 0.3) is 0 Å². The van der Waals surface area contributed by atoms with Gasteiger partial charge in [-0.05, 0) is 49.7 Å². The number of carbonyl (C=O) groups excluding carboxylic acids is 2. The summed E-state index contributed by atoms with van der Waals surface area (Å²) < 4.78 is 8.92. The van der Waals surface area contributed by atoms with Gasteiger partial charge < -0.3 is 15.4 Å². The summed E-state index contributed by atoms with van der Waals surface area (Å²) in [4.78, 5) is 26.0. The SMILES string of the molecule is CCn1ncc(NC(=O)c2ccc(COc3ccc(Cl)cc3Cl)cc2)c1C(=O)Nc1cnn(C)c1C. The molecule has 11 heteroatoms. The van der Waals surface area contributed by atoms with Gasteiger partial charge in [-0.25, -0.2) is 0 Å². The lowest BCUT2D eigenvalue weighted by Gasteiger charge is -2.11. The molecule has 186 valence electrons. The van der Waals surface area contributed by atoms with Gasteiger partial charge in [-0.2, -0.15) is 10.2 Å². The predicted molar refractivity (Wildman–Crippen MR) is 139 cm³/mol. The normalized spacial score (nSPS) is 10.8. The van der Waals surface area contributed by atoms with Crippen LogP contribution in [0.5, 0.6) is 5.75 Å². The second-order valence-corrected chi connectivity index (χ2v) is 8.80. The summed E-state index contributed by atoms with van der Waals surface area (Å²) in [5.74, 6) is -0.248. The fourth-order valence-corrected chi connectivity index (χ4v) is 3.92. The molecule has 2 N–H and O–H groups in total. The molecule has 0 aliphatic heterocycles. The molecule has 0 saturated carbocycles. The molecule has 2 aromatic heterocycles. The number of aromatic nitrogens is 4. The first-order valence-electron chi connectivity index (χ1n) is 11.1. The summed E-state index contributed by atoms with van der Waals surface area (Å²) in [5.41, 5.74) is 3.22. The Bertz CT molecular complexity index is 1410. The van der Waals surface area contributed by atoms with Crippen LogP contribution in [-0.2, 0) is 20.2 Å². The highest BCUT2D eigenvalue weighted by atomic mass is 35.5. The number of nitrogens with zero attached hydrogens (tertiary/aromatic N) is 4. The van der Waals surface area contributed by atoms with Gasteiger partial charge in [-0.1, -0.05) is 35.3 Å². The number of carbonyl (C=O) groups is 2. The summed E-state index contributed by atoms with van der Waals surface area (Å²) in [6, 6.07) is 11.9. The third-order valence-corrected chi connectivity index (χ3v) is 6.12. The number of ether oxygens (including phenoxy) is 1. The first kappa shape index (κ1) is 25.3. The molecule has 36 heavy (non-hydrogen) atoms. The highest BCUT2D eigenvalue weighted by molar-refractivity contribution is 6.35. The molecular weight excluding hydrogens is 503 g/mol. The average Bonchev–Trinajstić information content (AvgIpc) is 3.41. The maximum atomic E-state index is 13.0. The number of hydrogen-bond acceptors (Lipinski definition) is 5. The highest BCUT2D eigenvalue weighted by Gasteiger charge is 2.21. The van der Waals surface area contributed by atoms with Crippen LogP contribution in [0.3, 0.4) is 0 Å². The molecule has 0 saturated heterocycles. The number of anilines is 2. The van der Waals surface area contributed by atoms with Crippen molar-refractivity contribution in [2.75, 3.05) is 10.6 Å². The molecule has 2 heterocycles. The Balaban J connectivity index is 1.44. The van der Waals surface area contributed by atoms with Gasteiger partial charge in [-0.15, -0.1) is 0 Å². The van der Waals surface area contributed by atoms with E-state index in [2.05, 4.69) is 20.8 Å². The van der Waals surface area contributed by atoms with Gasteiger partial charge >= 0.3 is 0 Å². The molecule has 4 aromatic rings. The smallest absolute Gasteiger partial charge is 0.276 e. The zero-order valence-corrected chi connectivity index (χ0v) is 21.4. The molecule has 0 atom stereocenters. The Kier molecular flexibility index (Phi) is 7.61. The fourth-order valence-electron chi connectivity index (χ4n) is 3.46. The first-order valence-corrected chi connectivity index (χ1v) is 11.9. The zero-order chi connectivity index (χ0) is 25.8. The molecule has 0 unspecified atom stereocenters. The maximum Gasteiger partial charge on any atom is 0.276 e. The summed E-state index contributed by atoms with van der Waals surface area (Å²) in [6.45, 7) is 4.44. The Labute approximate surface area is 218 Å². The Morgan fingerprint density at radius 1 is 0.972 bits per heavy atom. The minimum absolute atomic E-state index is 0.249. The van der Waals surface area contributed by atoms with E-state index in [1.54, 1.807) is 60.4 Å². The molecule has 0 radical (unpaired) electrons. The summed E-state index contributed by atoms with van der Waals surface area (Å²) in [6.07, 6.45) is 3.04. The lowest BCUT2D eigenvalue weighted by molar-refractivity contribution is 0.101. The fraction of sp³-hybridized carbons (Fsp3) is 0.200. The van der Waals surface area contributed by atoms with Crippen LogP contribution in [0.4, 0.5) is 11.4 Å². The predicted octanol–water partition coefficient (Wildman–Crippen LogP) is 5.34. The minimum atomic E-state index is -0.394. The Morgan fingerprint density at radius 3 is 2.31 bits per heavy atom. The van der Waals surface area contributed by atoms with Crippen LogP contribution >= 0.6 is 23.2 Å². The van der Waals surface area contributed by atoms with Crippen molar-refractivity contribution in [3.8, 4) is 5.75 Å². The lowest BCUT2D eigenvalue weighted by atomic mass is 10.1. The maximum absolute atomic E-state index is 13.0. The van der Waals surface area contributed by atoms with Crippen molar-refractivity contribution in [1.82, 2.24) is 19.6 Å². The van der Waals surface area contributed by atoms with Crippen LogP contribution in [-0.4, -0.2) is 31.4 Å². The van der Waals surface area contributed by atoms with E-state index in [0.717, 1.165) is 11.3 Å². The van der Waals surface area contributed by atoms with Gasteiger partial charge in [0.05, 0.1) is 34.5 Å². The summed E-state index contributed by atoms with van der Waals surface area (Å²) in [7, 11) is 1.79. The molecular formula is C25H24Cl2N6O3. The van der Waals surface area contributed by atoms with Gasteiger partial charge in [0.25, 0.3) is 11.8 Å². The largest absolute Gasteiger partial charge is 0.487 e. The second-order valence-electron chi connectivity index (χ2n) is 7.96. The molecule has 2 amide bonds. The number of halogens is 2. The van der Waals surface area contributed by atoms with Gasteiger partial charge in [0, 0.05) is 24.2 Å². The molecule has 0 aliphatic carbocycles. The Hall–Kier alpha value is -3.82. The molecule has 4 rings (SSSR count). The zero-order valence-electron chi connectivity index (χ0n) is 19.9. The quantitative estimate of drug-likeness (QED) is 0.322. The van der Waals surface area contributed by atoms with Crippen LogP contribution in [0.15, 0.2) is 54.9 Å². The lowest BCUT2D eigenvalue weighted by Crippen LogP contribution is -2.21. The van der Waals surface area contributed by atoms with Crippen molar-refractivity contribution in [3.05, 3.63) is 87.4 Å². The van der Waals surface area contributed by atoms with Gasteiger partial charge in [0.2, 0.25) is 0 Å². The van der Waals surface area contributed by atoms with Crippen molar-refractivity contribution in [3.63, 3.8) is 0 Å². The van der Waals surface area contributed by atoms with E-state index in [4.69, 9.17) is 27.9 Å². The van der Waals surface area contributed by atoms with E-state index in [9.17, 15) is 9.59 Å². The monoisotopic (exact) mass is 526 g/mol. The Morgan fingerprint density at radius 2 is 1.67 bits per heavy atom. The summed E-state index contributed by atoms with van der Waals surface area (Å²) >= 11 is 12.0. The molecule has 9 nitrogen and oxygen atoms in total. The number of nitrogens with one attached hydrogen (secondary N) is 2. The number of benzene rings is 2. The molecule has 2 aromatic carbocycles. The van der Waals surface area contributed by atoms with Crippen molar-refractivity contribution < 1.29 is 14.3 Å². The van der Waals surface area contributed by atoms with Crippen molar-refractivity contribution >= 4 is 46.4 Å². The van der Waals surface area contributed by atoms with Crippen molar-refractivity contribution in [2.45, 2.75) is 27.0 Å². The van der Waals surface area contributed by atoms with Gasteiger partial charge in [-0.3, -0.25) is 19.0 Å². The molecule has 0 spiro atoms. The van der Waals surface area contributed by atoms with Crippen molar-refractivity contribution in [2.24, 2.45) is 7.05 Å². The number of amides is 2. The van der Waals surface area contributed by atoms with E-state index < -0.39 is 5.91 Å². The van der Waals surface area contributed by atoms with E-state index in [0.29, 0.717) is 39.3 Å². The second kappa shape index (κ2) is 10.8. The third-order valence-electron chi connectivity index (χ3n) is 5.59. The van der Waals surface area contributed by atoms with Crippen LogP contribution < -0.4 is 15.4 Å². The average molecular weight is 527 g/mol. The van der Waals surface area contributed by atoms with Crippen LogP contribution in [0.1, 0.15) is 39.0 Å². The standard InChI is InChI=1S/C25H24Cl2N6O3/c1-4-33-23(25(35)30-20-12-28-32(3)15(20)2)21(13-29-33)31-24(34)17-7-5-16(6-8-17)14-36-22-10-9-18(26)11-19(22)27/h5-13H,4,14H2,1-3H3,(H,30,35)(H,31,34). The molecule has 0 fully saturated rings.